The molecule has 86 valence electrons. The van der Waals surface area contributed by atoms with Crippen LogP contribution in [0.3, 0.4) is 0 Å². The molecule has 0 radical (unpaired) electrons. The molecule has 1 aromatic rings. The monoisotopic (exact) mass is 238 g/mol. The van der Waals surface area contributed by atoms with E-state index in [1.54, 1.807) is 0 Å². The average Bonchev–Trinajstić information content (AvgIpc) is 3.09. The van der Waals surface area contributed by atoms with Crippen molar-refractivity contribution in [3.8, 4) is 0 Å². The fourth-order valence-corrected chi connectivity index (χ4v) is 1.77. The molecule has 3 nitrogen and oxygen atoms in total. The van der Waals surface area contributed by atoms with Gasteiger partial charge in [-0.1, -0.05) is 23.7 Å². The number of hydrogen-bond donors (Lipinski definition) is 2. The van der Waals surface area contributed by atoms with Crippen LogP contribution in [0.1, 0.15) is 18.4 Å². The molecule has 1 saturated carbocycles. The lowest BCUT2D eigenvalue weighted by molar-refractivity contribution is -0.126. The van der Waals surface area contributed by atoms with Gasteiger partial charge in [0.15, 0.2) is 0 Å². The van der Waals surface area contributed by atoms with Crippen LogP contribution in [0.5, 0.6) is 0 Å². The van der Waals surface area contributed by atoms with Crippen LogP contribution in [-0.2, 0) is 11.3 Å². The molecule has 0 spiro atoms. The molecule has 0 unspecified atom stereocenters. The van der Waals surface area contributed by atoms with Crippen molar-refractivity contribution in [2.45, 2.75) is 19.4 Å². The molecule has 1 fully saturated rings. The first-order chi connectivity index (χ1) is 7.66. The van der Waals surface area contributed by atoms with Gasteiger partial charge in [-0.2, -0.15) is 0 Å². The summed E-state index contributed by atoms with van der Waals surface area (Å²) in [4.78, 5) is 11.8. The Kier molecular flexibility index (Phi) is 3.17. The molecule has 0 saturated heterocycles. The largest absolute Gasteiger partial charge is 0.352 e. The SMILES string of the molecule is NCC1(C(=O)NCc2ccc(Cl)cc2)CC1. The van der Waals surface area contributed by atoms with E-state index in [0.717, 1.165) is 18.4 Å². The number of nitrogens with two attached hydrogens (primary N) is 1. The molecule has 0 bridgehead atoms. The smallest absolute Gasteiger partial charge is 0.227 e. The third-order valence-electron chi connectivity index (χ3n) is 3.09. The first kappa shape index (κ1) is 11.4. The van der Waals surface area contributed by atoms with Crippen LogP contribution in [-0.4, -0.2) is 12.5 Å². The minimum absolute atomic E-state index is 0.0740. The van der Waals surface area contributed by atoms with Crippen molar-refractivity contribution in [2.24, 2.45) is 11.1 Å². The zero-order chi connectivity index (χ0) is 11.6. The van der Waals surface area contributed by atoms with Crippen LogP contribution < -0.4 is 11.1 Å². The number of rotatable bonds is 4. The highest BCUT2D eigenvalue weighted by Gasteiger charge is 2.48. The molecule has 1 amide bonds. The highest BCUT2D eigenvalue weighted by Crippen LogP contribution is 2.44. The first-order valence-electron chi connectivity index (χ1n) is 5.39. The fourth-order valence-electron chi connectivity index (χ4n) is 1.65. The van der Waals surface area contributed by atoms with Crippen LogP contribution in [0.15, 0.2) is 24.3 Å². The van der Waals surface area contributed by atoms with Crippen LogP contribution in [0.4, 0.5) is 0 Å². The zero-order valence-electron chi connectivity index (χ0n) is 9.00. The molecular formula is C12H15ClN2O. The van der Waals surface area contributed by atoms with Gasteiger partial charge in [-0.05, 0) is 30.5 Å². The molecule has 2 rings (SSSR count). The molecule has 0 atom stereocenters. The second-order valence-electron chi connectivity index (χ2n) is 4.29. The Morgan fingerprint density at radius 1 is 1.38 bits per heavy atom. The van der Waals surface area contributed by atoms with Crippen LogP contribution >= 0.6 is 11.6 Å². The molecule has 4 heteroatoms. The predicted molar refractivity (Wildman–Crippen MR) is 64.0 cm³/mol. The second-order valence-corrected chi connectivity index (χ2v) is 4.73. The number of hydrogen-bond acceptors (Lipinski definition) is 2. The maximum absolute atomic E-state index is 11.8. The average molecular weight is 239 g/mol. The van der Waals surface area contributed by atoms with Crippen molar-refractivity contribution in [1.29, 1.82) is 0 Å². The first-order valence-corrected chi connectivity index (χ1v) is 5.77. The van der Waals surface area contributed by atoms with Crippen molar-refractivity contribution in [1.82, 2.24) is 5.32 Å². The summed E-state index contributed by atoms with van der Waals surface area (Å²) in [5, 5.41) is 3.61. The van der Waals surface area contributed by atoms with Gasteiger partial charge in [0, 0.05) is 18.1 Å². The molecule has 0 aliphatic heterocycles. The molecule has 3 N–H and O–H groups in total. The van der Waals surface area contributed by atoms with E-state index in [0.29, 0.717) is 18.1 Å². The molecule has 1 aromatic carbocycles. The van der Waals surface area contributed by atoms with E-state index >= 15 is 0 Å². The fraction of sp³-hybridized carbons (Fsp3) is 0.417. The third kappa shape index (κ3) is 2.36. The Morgan fingerprint density at radius 3 is 2.50 bits per heavy atom. The van der Waals surface area contributed by atoms with E-state index in [9.17, 15) is 4.79 Å². The molecule has 1 aliphatic rings. The van der Waals surface area contributed by atoms with Gasteiger partial charge in [0.2, 0.25) is 5.91 Å². The Labute approximate surface area is 100.0 Å². The van der Waals surface area contributed by atoms with Gasteiger partial charge < -0.3 is 11.1 Å². The van der Waals surface area contributed by atoms with Crippen molar-refractivity contribution >= 4 is 17.5 Å². The number of carbonyl (C=O) groups is 1. The molecular weight excluding hydrogens is 224 g/mol. The maximum atomic E-state index is 11.8. The lowest BCUT2D eigenvalue weighted by Gasteiger charge is -2.12. The summed E-state index contributed by atoms with van der Waals surface area (Å²) in [5.41, 5.74) is 6.36. The number of carbonyl (C=O) groups excluding carboxylic acids is 1. The van der Waals surface area contributed by atoms with Crippen LogP contribution in [0.25, 0.3) is 0 Å². The van der Waals surface area contributed by atoms with Gasteiger partial charge in [0.05, 0.1) is 5.41 Å². The minimum Gasteiger partial charge on any atom is -0.352 e. The summed E-state index contributed by atoms with van der Waals surface area (Å²) < 4.78 is 0. The van der Waals surface area contributed by atoms with Crippen molar-refractivity contribution in [3.05, 3.63) is 34.9 Å². The Balaban J connectivity index is 1.88. The number of benzene rings is 1. The zero-order valence-corrected chi connectivity index (χ0v) is 9.76. The summed E-state index contributed by atoms with van der Waals surface area (Å²) >= 11 is 5.78. The van der Waals surface area contributed by atoms with Crippen molar-refractivity contribution < 1.29 is 4.79 Å². The normalized spacial score (nSPS) is 16.9. The summed E-state index contributed by atoms with van der Waals surface area (Å²) in [6.07, 6.45) is 1.83. The van der Waals surface area contributed by atoms with Crippen LogP contribution in [0.2, 0.25) is 5.02 Å². The maximum Gasteiger partial charge on any atom is 0.227 e. The quantitative estimate of drug-likeness (QED) is 0.839. The van der Waals surface area contributed by atoms with E-state index in [4.69, 9.17) is 17.3 Å². The Bertz CT molecular complexity index is 385. The standard InChI is InChI=1S/C12H15ClN2O/c13-10-3-1-9(2-4-10)7-15-11(16)12(8-14)5-6-12/h1-4H,5-8,14H2,(H,15,16). The Morgan fingerprint density at radius 2 is 2.00 bits per heavy atom. The van der Waals surface area contributed by atoms with Crippen molar-refractivity contribution in [2.75, 3.05) is 6.54 Å². The Hall–Kier alpha value is -1.06. The minimum atomic E-state index is -0.271. The molecule has 0 heterocycles. The summed E-state index contributed by atoms with van der Waals surface area (Å²) in [6, 6.07) is 7.45. The van der Waals surface area contributed by atoms with Crippen molar-refractivity contribution in [3.63, 3.8) is 0 Å². The lowest BCUT2D eigenvalue weighted by Crippen LogP contribution is -2.36. The third-order valence-corrected chi connectivity index (χ3v) is 3.34. The highest BCUT2D eigenvalue weighted by atomic mass is 35.5. The van der Waals surface area contributed by atoms with E-state index in [1.165, 1.54) is 0 Å². The van der Waals surface area contributed by atoms with E-state index in [1.807, 2.05) is 24.3 Å². The second kappa shape index (κ2) is 4.44. The number of nitrogens with one attached hydrogen (secondary N) is 1. The highest BCUT2D eigenvalue weighted by molar-refractivity contribution is 6.30. The summed E-state index contributed by atoms with van der Waals surface area (Å²) in [6.45, 7) is 0.983. The van der Waals surface area contributed by atoms with Crippen LogP contribution in [0, 0.1) is 5.41 Å². The van der Waals surface area contributed by atoms with Gasteiger partial charge >= 0.3 is 0 Å². The molecule has 16 heavy (non-hydrogen) atoms. The predicted octanol–water partition coefficient (Wildman–Crippen LogP) is 1.70. The van der Waals surface area contributed by atoms with E-state index in [2.05, 4.69) is 5.32 Å². The van der Waals surface area contributed by atoms with E-state index < -0.39 is 0 Å². The number of amides is 1. The topological polar surface area (TPSA) is 55.1 Å². The van der Waals surface area contributed by atoms with E-state index in [-0.39, 0.29) is 11.3 Å². The van der Waals surface area contributed by atoms with Gasteiger partial charge in [-0.3, -0.25) is 4.79 Å². The van der Waals surface area contributed by atoms with Gasteiger partial charge in [-0.15, -0.1) is 0 Å². The lowest BCUT2D eigenvalue weighted by atomic mass is 10.1. The molecule has 0 aromatic heterocycles. The van der Waals surface area contributed by atoms with Gasteiger partial charge in [0.25, 0.3) is 0 Å². The molecule has 1 aliphatic carbocycles. The summed E-state index contributed by atoms with van der Waals surface area (Å²) in [7, 11) is 0. The summed E-state index contributed by atoms with van der Waals surface area (Å²) in [5.74, 6) is 0.0740. The van der Waals surface area contributed by atoms with Gasteiger partial charge in [0.1, 0.15) is 0 Å². The van der Waals surface area contributed by atoms with Gasteiger partial charge in [-0.25, -0.2) is 0 Å². The number of halogens is 1.